The van der Waals surface area contributed by atoms with Gasteiger partial charge in [0.1, 0.15) is 12.4 Å². The van der Waals surface area contributed by atoms with Crippen molar-refractivity contribution in [2.24, 2.45) is 0 Å². The highest BCUT2D eigenvalue weighted by Gasteiger charge is 1.92. The van der Waals surface area contributed by atoms with Crippen molar-refractivity contribution in [2.75, 3.05) is 13.2 Å². The van der Waals surface area contributed by atoms with Gasteiger partial charge >= 0.3 is 0 Å². The van der Waals surface area contributed by atoms with E-state index in [4.69, 9.17) is 9.84 Å². The molecule has 15 heavy (non-hydrogen) atoms. The number of aliphatic hydroxyl groups is 1. The first kappa shape index (κ1) is 11.6. The zero-order valence-corrected chi connectivity index (χ0v) is 8.99. The van der Waals surface area contributed by atoms with Gasteiger partial charge in [0.2, 0.25) is 0 Å². The third kappa shape index (κ3) is 4.53. The second-order valence-corrected chi connectivity index (χ2v) is 3.19. The van der Waals surface area contributed by atoms with Crippen molar-refractivity contribution < 1.29 is 9.84 Å². The molecule has 0 saturated heterocycles. The fourth-order valence-electron chi connectivity index (χ4n) is 1.11. The van der Waals surface area contributed by atoms with Crippen molar-refractivity contribution in [1.82, 2.24) is 0 Å². The normalized spacial score (nSPS) is 9.20. The van der Waals surface area contributed by atoms with Crippen molar-refractivity contribution in [3.8, 4) is 17.6 Å². The predicted octanol–water partition coefficient (Wildman–Crippen LogP) is 2.21. The van der Waals surface area contributed by atoms with Gasteiger partial charge in [0.05, 0.1) is 6.61 Å². The van der Waals surface area contributed by atoms with E-state index >= 15 is 0 Å². The highest BCUT2D eigenvalue weighted by atomic mass is 16.5. The van der Waals surface area contributed by atoms with Crippen LogP contribution in [-0.2, 0) is 0 Å². The molecule has 0 aromatic heterocycles. The van der Waals surface area contributed by atoms with Crippen molar-refractivity contribution in [3.63, 3.8) is 0 Å². The van der Waals surface area contributed by atoms with Crippen LogP contribution in [0.3, 0.4) is 0 Å². The third-order valence-corrected chi connectivity index (χ3v) is 1.93. The van der Waals surface area contributed by atoms with Crippen LogP contribution in [0.1, 0.15) is 25.3 Å². The van der Waals surface area contributed by atoms with Crippen molar-refractivity contribution >= 4 is 0 Å². The Morgan fingerprint density at radius 3 is 2.60 bits per heavy atom. The van der Waals surface area contributed by atoms with Gasteiger partial charge in [-0.05, 0) is 30.7 Å². The van der Waals surface area contributed by atoms with Crippen LogP contribution in [0, 0.1) is 11.8 Å². The molecule has 1 N–H and O–H groups in total. The Balaban J connectivity index is 2.49. The van der Waals surface area contributed by atoms with Crippen LogP contribution in [0.5, 0.6) is 5.75 Å². The van der Waals surface area contributed by atoms with Gasteiger partial charge in [0, 0.05) is 5.56 Å². The summed E-state index contributed by atoms with van der Waals surface area (Å²) >= 11 is 0. The van der Waals surface area contributed by atoms with E-state index in [1.165, 1.54) is 0 Å². The molecular weight excluding hydrogens is 188 g/mol. The first-order valence-electron chi connectivity index (χ1n) is 5.19. The molecule has 0 radical (unpaired) electrons. The lowest BCUT2D eigenvalue weighted by atomic mass is 10.2. The molecule has 0 amide bonds. The van der Waals surface area contributed by atoms with Gasteiger partial charge in [-0.2, -0.15) is 0 Å². The van der Waals surface area contributed by atoms with E-state index in [2.05, 4.69) is 18.8 Å². The molecule has 0 aliphatic rings. The Morgan fingerprint density at radius 1 is 1.27 bits per heavy atom. The Kier molecular flexibility index (Phi) is 5.35. The maximum atomic E-state index is 8.53. The molecule has 0 spiro atoms. The van der Waals surface area contributed by atoms with Crippen molar-refractivity contribution in [2.45, 2.75) is 19.8 Å². The number of unbranched alkanes of at least 4 members (excludes halogenated alkanes) is 1. The van der Waals surface area contributed by atoms with Crippen LogP contribution in [0.2, 0.25) is 0 Å². The molecule has 0 fully saturated rings. The minimum atomic E-state index is -0.102. The zero-order valence-electron chi connectivity index (χ0n) is 8.99. The van der Waals surface area contributed by atoms with Crippen molar-refractivity contribution in [3.05, 3.63) is 29.8 Å². The Labute approximate surface area is 90.9 Å². The Hall–Kier alpha value is -1.46. The zero-order chi connectivity index (χ0) is 10.9. The predicted molar refractivity (Wildman–Crippen MR) is 60.8 cm³/mol. The number of hydrogen-bond donors (Lipinski definition) is 1. The lowest BCUT2D eigenvalue weighted by molar-refractivity contribution is 0.309. The van der Waals surface area contributed by atoms with Crippen LogP contribution in [0.15, 0.2) is 24.3 Å². The summed E-state index contributed by atoms with van der Waals surface area (Å²) in [4.78, 5) is 0. The van der Waals surface area contributed by atoms with E-state index < -0.39 is 0 Å². The molecule has 0 heterocycles. The Morgan fingerprint density at radius 2 is 2.00 bits per heavy atom. The van der Waals surface area contributed by atoms with Gasteiger partial charge in [0.15, 0.2) is 0 Å². The molecule has 80 valence electrons. The number of ether oxygens (including phenoxy) is 1. The summed E-state index contributed by atoms with van der Waals surface area (Å²) in [6, 6.07) is 7.59. The third-order valence-electron chi connectivity index (χ3n) is 1.93. The SMILES string of the molecule is CCCCOc1ccc(C#CCO)cc1. The van der Waals surface area contributed by atoms with Crippen LogP contribution < -0.4 is 4.74 Å². The maximum Gasteiger partial charge on any atom is 0.119 e. The molecule has 2 heteroatoms. The molecule has 2 nitrogen and oxygen atoms in total. The fraction of sp³-hybridized carbons (Fsp3) is 0.385. The molecule has 0 bridgehead atoms. The summed E-state index contributed by atoms with van der Waals surface area (Å²) in [5.74, 6) is 6.31. The monoisotopic (exact) mass is 204 g/mol. The molecule has 0 saturated carbocycles. The summed E-state index contributed by atoms with van der Waals surface area (Å²) in [6.07, 6.45) is 2.21. The highest BCUT2D eigenvalue weighted by molar-refractivity contribution is 5.38. The summed E-state index contributed by atoms with van der Waals surface area (Å²) in [5, 5.41) is 8.53. The average Bonchev–Trinajstić information content (AvgIpc) is 2.28. The molecule has 1 aromatic carbocycles. The number of aliphatic hydroxyl groups excluding tert-OH is 1. The molecule has 1 rings (SSSR count). The largest absolute Gasteiger partial charge is 0.494 e. The van der Waals surface area contributed by atoms with Gasteiger partial charge in [-0.1, -0.05) is 25.2 Å². The van der Waals surface area contributed by atoms with Crippen LogP contribution in [-0.4, -0.2) is 18.3 Å². The molecule has 0 aliphatic carbocycles. The number of hydrogen-bond acceptors (Lipinski definition) is 2. The standard InChI is InChI=1S/C13H16O2/c1-2-3-11-15-13-8-6-12(7-9-13)5-4-10-14/h6-9,14H,2-3,10-11H2,1H3. The second-order valence-electron chi connectivity index (χ2n) is 3.19. The van der Waals surface area contributed by atoms with Crippen LogP contribution >= 0.6 is 0 Å². The van der Waals surface area contributed by atoms with E-state index in [1.807, 2.05) is 24.3 Å². The maximum absolute atomic E-state index is 8.53. The quantitative estimate of drug-likeness (QED) is 0.602. The molecule has 0 aliphatic heterocycles. The summed E-state index contributed by atoms with van der Waals surface area (Å²) in [6.45, 7) is 2.80. The first-order chi connectivity index (χ1) is 7.36. The molecular formula is C13H16O2. The van der Waals surface area contributed by atoms with Crippen LogP contribution in [0.25, 0.3) is 0 Å². The number of benzene rings is 1. The lowest BCUT2D eigenvalue weighted by Crippen LogP contribution is -1.95. The topological polar surface area (TPSA) is 29.5 Å². The van der Waals surface area contributed by atoms with E-state index in [0.29, 0.717) is 0 Å². The summed E-state index contributed by atoms with van der Waals surface area (Å²) in [5.41, 5.74) is 0.895. The van der Waals surface area contributed by atoms with E-state index in [0.717, 1.165) is 30.8 Å². The van der Waals surface area contributed by atoms with Gasteiger partial charge in [-0.3, -0.25) is 0 Å². The lowest BCUT2D eigenvalue weighted by Gasteiger charge is -2.04. The molecule has 0 atom stereocenters. The highest BCUT2D eigenvalue weighted by Crippen LogP contribution is 2.11. The smallest absolute Gasteiger partial charge is 0.119 e. The van der Waals surface area contributed by atoms with Gasteiger partial charge in [-0.15, -0.1) is 0 Å². The Bertz CT molecular complexity index is 330. The van der Waals surface area contributed by atoms with Gasteiger partial charge in [0.25, 0.3) is 0 Å². The molecule has 1 aromatic rings. The average molecular weight is 204 g/mol. The minimum absolute atomic E-state index is 0.102. The van der Waals surface area contributed by atoms with E-state index in [-0.39, 0.29) is 6.61 Å². The molecule has 0 unspecified atom stereocenters. The van der Waals surface area contributed by atoms with Crippen molar-refractivity contribution in [1.29, 1.82) is 0 Å². The van der Waals surface area contributed by atoms with Gasteiger partial charge < -0.3 is 9.84 Å². The summed E-state index contributed by atoms with van der Waals surface area (Å²) in [7, 11) is 0. The second kappa shape index (κ2) is 6.92. The first-order valence-corrected chi connectivity index (χ1v) is 5.19. The van der Waals surface area contributed by atoms with E-state index in [1.54, 1.807) is 0 Å². The number of rotatable bonds is 4. The van der Waals surface area contributed by atoms with Gasteiger partial charge in [-0.25, -0.2) is 0 Å². The fourth-order valence-corrected chi connectivity index (χ4v) is 1.11. The minimum Gasteiger partial charge on any atom is -0.494 e. The van der Waals surface area contributed by atoms with E-state index in [9.17, 15) is 0 Å². The summed E-state index contributed by atoms with van der Waals surface area (Å²) < 4.78 is 5.51. The van der Waals surface area contributed by atoms with Crippen LogP contribution in [0.4, 0.5) is 0 Å².